The molecule has 2 rings (SSSR count). The second-order valence-corrected chi connectivity index (χ2v) is 6.40. The van der Waals surface area contributed by atoms with Crippen LogP contribution >= 0.6 is 11.6 Å². The predicted molar refractivity (Wildman–Crippen MR) is 101 cm³/mol. The number of nitrogens with zero attached hydrogens (tertiary/aromatic N) is 1. The van der Waals surface area contributed by atoms with Gasteiger partial charge in [0.05, 0.1) is 19.3 Å². The van der Waals surface area contributed by atoms with Crippen LogP contribution in [0.15, 0.2) is 30.3 Å². The zero-order valence-corrected chi connectivity index (χ0v) is 15.5. The van der Waals surface area contributed by atoms with Gasteiger partial charge in [-0.05, 0) is 49.6 Å². The molecule has 0 aliphatic heterocycles. The normalized spacial score (nSPS) is 10.4. The molecule has 0 aliphatic carbocycles. The summed E-state index contributed by atoms with van der Waals surface area (Å²) in [4.78, 5) is 14.4. The average Bonchev–Trinajstić information content (AvgIpc) is 2.52. The lowest BCUT2D eigenvalue weighted by Crippen LogP contribution is -2.30. The maximum absolute atomic E-state index is 12.4. The minimum Gasteiger partial charge on any atom is -0.495 e. The van der Waals surface area contributed by atoms with Crippen molar-refractivity contribution in [1.29, 1.82) is 0 Å². The summed E-state index contributed by atoms with van der Waals surface area (Å²) in [6, 6.07) is 9.73. The third-order valence-corrected chi connectivity index (χ3v) is 4.32. The number of rotatable bonds is 5. The molecular weight excluding hydrogens is 324 g/mol. The lowest BCUT2D eigenvalue weighted by Gasteiger charge is -2.22. The second-order valence-electron chi connectivity index (χ2n) is 6.00. The Labute approximate surface area is 148 Å². The van der Waals surface area contributed by atoms with Gasteiger partial charge in [-0.2, -0.15) is 0 Å². The largest absolute Gasteiger partial charge is 0.495 e. The third-order valence-electron chi connectivity index (χ3n) is 3.91. The van der Waals surface area contributed by atoms with Gasteiger partial charge < -0.3 is 15.0 Å². The molecule has 0 heterocycles. The number of carbonyl (C=O) groups is 1. The highest BCUT2D eigenvalue weighted by atomic mass is 35.5. The number of anilines is 2. The summed E-state index contributed by atoms with van der Waals surface area (Å²) in [7, 11) is 3.46. The van der Waals surface area contributed by atoms with Crippen molar-refractivity contribution in [2.75, 3.05) is 30.9 Å². The van der Waals surface area contributed by atoms with Crippen LogP contribution in [0.25, 0.3) is 0 Å². The van der Waals surface area contributed by atoms with Crippen molar-refractivity contribution in [1.82, 2.24) is 0 Å². The molecule has 0 aliphatic rings. The highest BCUT2D eigenvalue weighted by Crippen LogP contribution is 2.31. The summed E-state index contributed by atoms with van der Waals surface area (Å²) in [5, 5.41) is 3.51. The van der Waals surface area contributed by atoms with E-state index in [0.717, 1.165) is 22.4 Å². The first-order valence-corrected chi connectivity index (χ1v) is 8.12. The molecule has 128 valence electrons. The van der Waals surface area contributed by atoms with Gasteiger partial charge in [-0.1, -0.05) is 23.7 Å². The van der Waals surface area contributed by atoms with Gasteiger partial charge >= 0.3 is 0 Å². The molecule has 1 N–H and O–H groups in total. The number of ether oxygens (including phenoxy) is 1. The number of halogens is 1. The SMILES string of the molecule is COc1cc(Cl)c(C)cc1NC(=O)CN(C)c1cc(C)ccc1C. The molecule has 0 radical (unpaired) electrons. The van der Waals surface area contributed by atoms with Crippen LogP contribution in [-0.2, 0) is 4.79 Å². The number of methoxy groups -OCH3 is 1. The number of carbonyl (C=O) groups excluding carboxylic acids is 1. The van der Waals surface area contributed by atoms with Crippen LogP contribution in [-0.4, -0.2) is 26.6 Å². The summed E-state index contributed by atoms with van der Waals surface area (Å²) in [6.07, 6.45) is 0. The number of hydrogen-bond donors (Lipinski definition) is 1. The first kappa shape index (κ1) is 18.1. The predicted octanol–water partition coefficient (Wildman–Crippen LogP) is 4.35. The number of aryl methyl sites for hydroxylation is 3. The lowest BCUT2D eigenvalue weighted by atomic mass is 10.1. The third kappa shape index (κ3) is 4.20. The van der Waals surface area contributed by atoms with Crippen molar-refractivity contribution in [3.63, 3.8) is 0 Å². The Morgan fingerprint density at radius 3 is 2.54 bits per heavy atom. The Morgan fingerprint density at radius 1 is 1.17 bits per heavy atom. The fourth-order valence-corrected chi connectivity index (χ4v) is 2.70. The number of hydrogen-bond acceptors (Lipinski definition) is 3. The molecule has 0 spiro atoms. The molecule has 2 aromatic carbocycles. The quantitative estimate of drug-likeness (QED) is 0.875. The van der Waals surface area contributed by atoms with Crippen molar-refractivity contribution >= 4 is 28.9 Å². The van der Waals surface area contributed by atoms with Gasteiger partial charge in [0, 0.05) is 23.8 Å². The molecular formula is C19H23ClN2O2. The van der Waals surface area contributed by atoms with Crippen molar-refractivity contribution < 1.29 is 9.53 Å². The van der Waals surface area contributed by atoms with Crippen LogP contribution in [0.2, 0.25) is 5.02 Å². The van der Waals surface area contributed by atoms with E-state index in [1.807, 2.05) is 38.8 Å². The Morgan fingerprint density at radius 2 is 1.88 bits per heavy atom. The van der Waals surface area contributed by atoms with Crippen LogP contribution in [0.4, 0.5) is 11.4 Å². The van der Waals surface area contributed by atoms with Crippen LogP contribution in [0.5, 0.6) is 5.75 Å². The molecule has 0 saturated heterocycles. The van der Waals surface area contributed by atoms with Crippen LogP contribution < -0.4 is 15.0 Å². The Bertz CT molecular complexity index is 759. The first-order chi connectivity index (χ1) is 11.3. The maximum atomic E-state index is 12.4. The summed E-state index contributed by atoms with van der Waals surface area (Å²) in [5.74, 6) is 0.437. The molecule has 0 aromatic heterocycles. The lowest BCUT2D eigenvalue weighted by molar-refractivity contribution is -0.114. The van der Waals surface area contributed by atoms with Gasteiger partial charge in [0.25, 0.3) is 0 Å². The minimum atomic E-state index is -0.113. The maximum Gasteiger partial charge on any atom is 0.243 e. The average molecular weight is 347 g/mol. The van der Waals surface area contributed by atoms with Crippen LogP contribution in [0, 0.1) is 20.8 Å². The zero-order valence-electron chi connectivity index (χ0n) is 14.7. The monoisotopic (exact) mass is 346 g/mol. The van der Waals surface area contributed by atoms with Crippen LogP contribution in [0.1, 0.15) is 16.7 Å². The molecule has 24 heavy (non-hydrogen) atoms. The van der Waals surface area contributed by atoms with Crippen molar-refractivity contribution in [3.8, 4) is 5.75 Å². The number of likely N-dealkylation sites (N-methyl/N-ethyl adjacent to an activating group) is 1. The molecule has 0 atom stereocenters. The fraction of sp³-hybridized carbons (Fsp3) is 0.316. The summed E-state index contributed by atoms with van der Waals surface area (Å²) < 4.78 is 5.29. The molecule has 0 unspecified atom stereocenters. The Kier molecular flexibility index (Phi) is 5.73. The van der Waals surface area contributed by atoms with Gasteiger partial charge in [0.1, 0.15) is 5.75 Å². The minimum absolute atomic E-state index is 0.113. The van der Waals surface area contributed by atoms with Gasteiger partial charge in [-0.3, -0.25) is 4.79 Å². The standard InChI is InChI=1S/C19H23ClN2O2/c1-12-6-7-13(2)17(8-12)22(4)11-19(23)21-16-9-14(3)15(20)10-18(16)24-5/h6-10H,11H2,1-5H3,(H,21,23). The molecule has 2 aromatic rings. The van der Waals surface area contributed by atoms with Crippen molar-refractivity contribution in [2.24, 2.45) is 0 Å². The topological polar surface area (TPSA) is 41.6 Å². The fourth-order valence-electron chi connectivity index (χ4n) is 2.55. The molecule has 0 bridgehead atoms. The Hall–Kier alpha value is -2.20. The zero-order chi connectivity index (χ0) is 17.9. The first-order valence-electron chi connectivity index (χ1n) is 7.74. The van der Waals surface area contributed by atoms with E-state index >= 15 is 0 Å². The van der Waals surface area contributed by atoms with E-state index in [-0.39, 0.29) is 12.5 Å². The van der Waals surface area contributed by atoms with Crippen molar-refractivity contribution in [2.45, 2.75) is 20.8 Å². The summed E-state index contributed by atoms with van der Waals surface area (Å²) in [5.41, 5.74) is 4.85. The highest BCUT2D eigenvalue weighted by molar-refractivity contribution is 6.31. The van der Waals surface area contributed by atoms with Gasteiger partial charge in [0.15, 0.2) is 0 Å². The van der Waals surface area contributed by atoms with E-state index in [4.69, 9.17) is 16.3 Å². The highest BCUT2D eigenvalue weighted by Gasteiger charge is 2.13. The van der Waals surface area contributed by atoms with Gasteiger partial charge in [-0.15, -0.1) is 0 Å². The second kappa shape index (κ2) is 7.58. The molecule has 1 amide bonds. The van der Waals surface area contributed by atoms with E-state index in [1.165, 1.54) is 0 Å². The molecule has 4 nitrogen and oxygen atoms in total. The van der Waals surface area contributed by atoms with Crippen LogP contribution in [0.3, 0.4) is 0 Å². The smallest absolute Gasteiger partial charge is 0.243 e. The van der Waals surface area contributed by atoms with E-state index < -0.39 is 0 Å². The van der Waals surface area contributed by atoms with E-state index in [9.17, 15) is 4.79 Å². The number of benzene rings is 2. The summed E-state index contributed by atoms with van der Waals surface area (Å²) >= 11 is 6.10. The van der Waals surface area contributed by atoms with E-state index in [2.05, 4.69) is 23.5 Å². The summed E-state index contributed by atoms with van der Waals surface area (Å²) in [6.45, 7) is 6.21. The number of nitrogens with one attached hydrogen (secondary N) is 1. The van der Waals surface area contributed by atoms with Gasteiger partial charge in [-0.25, -0.2) is 0 Å². The van der Waals surface area contributed by atoms with E-state index in [0.29, 0.717) is 16.5 Å². The van der Waals surface area contributed by atoms with Gasteiger partial charge in [0.2, 0.25) is 5.91 Å². The molecule has 5 heteroatoms. The Balaban J connectivity index is 2.13. The number of amides is 1. The molecule has 0 fully saturated rings. The van der Waals surface area contributed by atoms with E-state index in [1.54, 1.807) is 13.2 Å². The van der Waals surface area contributed by atoms with Crippen molar-refractivity contribution in [3.05, 3.63) is 52.0 Å². The molecule has 0 saturated carbocycles.